The first kappa shape index (κ1) is 22.2. The minimum atomic E-state index is -0.376. The van der Waals surface area contributed by atoms with Gasteiger partial charge in [0, 0.05) is 24.7 Å². The highest BCUT2D eigenvalue weighted by Gasteiger charge is 2.17. The number of anilines is 1. The summed E-state index contributed by atoms with van der Waals surface area (Å²) in [4.78, 5) is 26.8. The van der Waals surface area contributed by atoms with E-state index in [4.69, 9.17) is 21.1 Å². The molecule has 0 unspecified atom stereocenters. The molecule has 1 N–H and O–H groups in total. The average molecular weight is 439 g/mol. The van der Waals surface area contributed by atoms with E-state index in [0.717, 1.165) is 5.56 Å². The van der Waals surface area contributed by atoms with Crippen LogP contribution in [0.3, 0.4) is 0 Å². The van der Waals surface area contributed by atoms with Gasteiger partial charge in [-0.1, -0.05) is 35.9 Å². The van der Waals surface area contributed by atoms with E-state index >= 15 is 0 Å². The summed E-state index contributed by atoms with van der Waals surface area (Å²) in [7, 11) is 4.83. The van der Waals surface area contributed by atoms with Crippen molar-refractivity contribution in [3.05, 3.63) is 88.4 Å². The highest BCUT2D eigenvalue weighted by Crippen LogP contribution is 2.28. The quantitative estimate of drug-likeness (QED) is 0.570. The smallest absolute Gasteiger partial charge is 0.259 e. The lowest BCUT2D eigenvalue weighted by Gasteiger charge is -2.15. The number of hydrogen-bond acceptors (Lipinski definition) is 4. The molecule has 0 radical (unpaired) electrons. The van der Waals surface area contributed by atoms with Crippen molar-refractivity contribution in [3.8, 4) is 11.5 Å². The summed E-state index contributed by atoms with van der Waals surface area (Å²) in [6, 6.07) is 19.2. The van der Waals surface area contributed by atoms with Crippen LogP contribution in [0.15, 0.2) is 66.7 Å². The Morgan fingerprint density at radius 3 is 2.35 bits per heavy atom. The first-order chi connectivity index (χ1) is 14.9. The van der Waals surface area contributed by atoms with Gasteiger partial charge in [-0.25, -0.2) is 0 Å². The monoisotopic (exact) mass is 438 g/mol. The molecule has 0 saturated heterocycles. The molecule has 3 aromatic carbocycles. The normalized spacial score (nSPS) is 10.3. The molecule has 0 aliphatic heterocycles. The van der Waals surface area contributed by atoms with E-state index in [1.807, 2.05) is 12.1 Å². The number of methoxy groups -OCH3 is 1. The van der Waals surface area contributed by atoms with E-state index in [1.165, 1.54) is 12.0 Å². The first-order valence-corrected chi connectivity index (χ1v) is 9.94. The van der Waals surface area contributed by atoms with Gasteiger partial charge in [-0.05, 0) is 48.0 Å². The van der Waals surface area contributed by atoms with Crippen molar-refractivity contribution in [1.29, 1.82) is 0 Å². The van der Waals surface area contributed by atoms with Crippen molar-refractivity contribution in [2.24, 2.45) is 0 Å². The number of benzene rings is 3. The summed E-state index contributed by atoms with van der Waals surface area (Å²) in [5, 5.41) is 3.47. The van der Waals surface area contributed by atoms with E-state index in [0.29, 0.717) is 33.3 Å². The van der Waals surface area contributed by atoms with Crippen molar-refractivity contribution in [2.75, 3.05) is 26.5 Å². The number of hydrogen-bond donors (Lipinski definition) is 1. The second-order valence-corrected chi connectivity index (χ2v) is 7.42. The number of carbonyl (C=O) groups excluding carboxylic acids is 2. The third-order valence-electron chi connectivity index (χ3n) is 4.54. The maximum absolute atomic E-state index is 13.0. The van der Waals surface area contributed by atoms with Gasteiger partial charge < -0.3 is 19.7 Å². The van der Waals surface area contributed by atoms with Crippen molar-refractivity contribution in [3.63, 3.8) is 0 Å². The molecular weight excluding hydrogens is 416 g/mol. The van der Waals surface area contributed by atoms with E-state index in [-0.39, 0.29) is 18.4 Å². The third-order valence-corrected chi connectivity index (χ3v) is 4.79. The van der Waals surface area contributed by atoms with Crippen LogP contribution in [0.2, 0.25) is 5.02 Å². The Morgan fingerprint density at radius 2 is 1.68 bits per heavy atom. The lowest BCUT2D eigenvalue weighted by molar-refractivity contribution is 0.0827. The predicted octanol–water partition coefficient (Wildman–Crippen LogP) is 4.88. The Bertz CT molecular complexity index is 1080. The molecule has 6 nitrogen and oxygen atoms in total. The molecular formula is C24H23ClN2O4. The predicted molar refractivity (Wildman–Crippen MR) is 121 cm³/mol. The Kier molecular flexibility index (Phi) is 7.15. The fourth-order valence-corrected chi connectivity index (χ4v) is 3.03. The Labute approximate surface area is 186 Å². The molecule has 3 rings (SSSR count). The van der Waals surface area contributed by atoms with E-state index in [9.17, 15) is 9.59 Å². The SMILES string of the molecule is COc1ccc(C(=O)N(C)C)cc1NC(=O)c1ccccc1OCc1ccc(Cl)cc1. The number of rotatable bonds is 7. The van der Waals surface area contributed by atoms with Gasteiger partial charge in [0.25, 0.3) is 11.8 Å². The molecule has 0 bridgehead atoms. The number of nitrogens with one attached hydrogen (secondary N) is 1. The third kappa shape index (κ3) is 5.55. The van der Waals surface area contributed by atoms with Crippen LogP contribution < -0.4 is 14.8 Å². The van der Waals surface area contributed by atoms with Crippen LogP contribution >= 0.6 is 11.6 Å². The number of para-hydroxylation sites is 1. The van der Waals surface area contributed by atoms with Crippen LogP contribution in [0, 0.1) is 0 Å². The molecule has 0 heterocycles. The molecule has 0 aromatic heterocycles. The molecule has 0 aliphatic carbocycles. The summed E-state index contributed by atoms with van der Waals surface area (Å²) >= 11 is 5.92. The van der Waals surface area contributed by atoms with Gasteiger partial charge in [0.15, 0.2) is 0 Å². The van der Waals surface area contributed by atoms with Gasteiger partial charge in [-0.15, -0.1) is 0 Å². The van der Waals surface area contributed by atoms with E-state index in [2.05, 4.69) is 5.32 Å². The molecule has 2 amide bonds. The summed E-state index contributed by atoms with van der Waals surface area (Å²) in [5.74, 6) is 0.335. The Hall–Kier alpha value is -3.51. The maximum atomic E-state index is 13.0. The number of carbonyl (C=O) groups is 2. The van der Waals surface area contributed by atoms with Crippen molar-refractivity contribution >= 4 is 29.1 Å². The second kappa shape index (κ2) is 10.00. The van der Waals surface area contributed by atoms with Gasteiger partial charge in [0.1, 0.15) is 18.1 Å². The Balaban J connectivity index is 1.81. The van der Waals surface area contributed by atoms with E-state index in [1.54, 1.807) is 68.7 Å². The van der Waals surface area contributed by atoms with Gasteiger partial charge in [0.2, 0.25) is 0 Å². The molecule has 0 atom stereocenters. The largest absolute Gasteiger partial charge is 0.495 e. The molecule has 0 saturated carbocycles. The average Bonchev–Trinajstić information content (AvgIpc) is 2.78. The van der Waals surface area contributed by atoms with Gasteiger partial charge in [-0.2, -0.15) is 0 Å². The van der Waals surface area contributed by atoms with Gasteiger partial charge in [0.05, 0.1) is 18.4 Å². The van der Waals surface area contributed by atoms with Crippen LogP contribution in [0.5, 0.6) is 11.5 Å². The van der Waals surface area contributed by atoms with Gasteiger partial charge in [-0.3, -0.25) is 9.59 Å². The summed E-state index contributed by atoms with van der Waals surface area (Å²) in [6.45, 7) is 0.289. The van der Waals surface area contributed by atoms with Crippen molar-refractivity contribution in [1.82, 2.24) is 4.90 Å². The number of halogens is 1. The van der Waals surface area contributed by atoms with Crippen LogP contribution in [-0.2, 0) is 6.61 Å². The van der Waals surface area contributed by atoms with E-state index < -0.39 is 0 Å². The Morgan fingerprint density at radius 1 is 0.968 bits per heavy atom. The summed E-state index contributed by atoms with van der Waals surface area (Å²) < 4.78 is 11.2. The maximum Gasteiger partial charge on any atom is 0.259 e. The molecule has 160 valence electrons. The molecule has 0 fully saturated rings. The molecule has 3 aromatic rings. The zero-order chi connectivity index (χ0) is 22.4. The fourth-order valence-electron chi connectivity index (χ4n) is 2.91. The lowest BCUT2D eigenvalue weighted by atomic mass is 10.1. The van der Waals surface area contributed by atoms with Crippen LogP contribution in [0.25, 0.3) is 0 Å². The van der Waals surface area contributed by atoms with Crippen LogP contribution in [-0.4, -0.2) is 37.9 Å². The number of nitrogens with zero attached hydrogens (tertiary/aromatic N) is 1. The number of amides is 2. The minimum absolute atomic E-state index is 0.176. The zero-order valence-electron chi connectivity index (χ0n) is 17.5. The van der Waals surface area contributed by atoms with Crippen molar-refractivity contribution < 1.29 is 19.1 Å². The highest BCUT2D eigenvalue weighted by atomic mass is 35.5. The summed E-state index contributed by atoms with van der Waals surface area (Å²) in [6.07, 6.45) is 0. The van der Waals surface area contributed by atoms with Crippen LogP contribution in [0.1, 0.15) is 26.3 Å². The summed E-state index contributed by atoms with van der Waals surface area (Å²) in [5.41, 5.74) is 2.13. The number of ether oxygens (including phenoxy) is 2. The molecule has 0 spiro atoms. The van der Waals surface area contributed by atoms with Crippen LogP contribution in [0.4, 0.5) is 5.69 Å². The van der Waals surface area contributed by atoms with Crippen molar-refractivity contribution in [2.45, 2.75) is 6.61 Å². The zero-order valence-corrected chi connectivity index (χ0v) is 18.3. The second-order valence-electron chi connectivity index (χ2n) is 6.98. The topological polar surface area (TPSA) is 67.9 Å². The standard InChI is InChI=1S/C24H23ClN2O4/c1-27(2)24(29)17-10-13-22(30-3)20(14-17)26-23(28)19-6-4-5-7-21(19)31-15-16-8-11-18(25)12-9-16/h4-14H,15H2,1-3H3,(H,26,28). The molecule has 31 heavy (non-hydrogen) atoms. The first-order valence-electron chi connectivity index (χ1n) is 9.56. The molecule has 7 heteroatoms. The lowest BCUT2D eigenvalue weighted by Crippen LogP contribution is -2.22. The minimum Gasteiger partial charge on any atom is -0.495 e. The fraction of sp³-hybridized carbons (Fsp3) is 0.167. The molecule has 0 aliphatic rings. The highest BCUT2D eigenvalue weighted by molar-refractivity contribution is 6.30. The van der Waals surface area contributed by atoms with Gasteiger partial charge >= 0.3 is 0 Å².